The molecule has 1 aromatic rings. The third-order valence-corrected chi connectivity index (χ3v) is 5.06. The van der Waals surface area contributed by atoms with Crippen LogP contribution in [0, 0.1) is 23.7 Å². The van der Waals surface area contributed by atoms with E-state index in [9.17, 15) is 9.90 Å². The number of aromatic nitrogens is 1. The van der Waals surface area contributed by atoms with Crippen molar-refractivity contribution in [3.63, 3.8) is 0 Å². The lowest BCUT2D eigenvalue weighted by Gasteiger charge is -2.37. The van der Waals surface area contributed by atoms with E-state index in [1.807, 2.05) is 21.0 Å². The Balaban J connectivity index is 1.98. The molecule has 6 heteroatoms. The lowest BCUT2D eigenvalue weighted by atomic mass is 10.00. The van der Waals surface area contributed by atoms with Crippen LogP contribution in [0.4, 0.5) is 0 Å². The first-order chi connectivity index (χ1) is 12.9. The van der Waals surface area contributed by atoms with Gasteiger partial charge in [-0.2, -0.15) is 0 Å². The summed E-state index contributed by atoms with van der Waals surface area (Å²) in [5, 5.41) is 9.65. The standard InChI is InChI=1S/C21H29N3O3/c1-14-11-24(15(2)13-25)21(26)18-9-17(8-7-16-5-6-16)10-22-20(18)27-19(14)12-23(3)4/h9-10,14-16,19,25H,5-6,11-13H2,1-4H3/t14-,15+,19-/m1/s1. The monoisotopic (exact) mass is 371 g/mol. The van der Waals surface area contributed by atoms with Crippen LogP contribution in [-0.2, 0) is 0 Å². The Hall–Kier alpha value is -2.10. The molecule has 0 spiro atoms. The fourth-order valence-electron chi connectivity index (χ4n) is 3.16. The summed E-state index contributed by atoms with van der Waals surface area (Å²) in [4.78, 5) is 21.4. The van der Waals surface area contributed by atoms with Crippen LogP contribution >= 0.6 is 0 Å². The molecule has 1 amide bonds. The maximum absolute atomic E-state index is 13.2. The number of fused-ring (bicyclic) bond motifs is 1. The number of aliphatic hydroxyl groups is 1. The molecule has 0 aromatic carbocycles. The molecule has 1 aromatic heterocycles. The van der Waals surface area contributed by atoms with Crippen LogP contribution in [-0.4, -0.2) is 71.7 Å². The molecule has 6 nitrogen and oxygen atoms in total. The Kier molecular flexibility index (Phi) is 6.03. The first-order valence-corrected chi connectivity index (χ1v) is 9.63. The fraction of sp³-hybridized carbons (Fsp3) is 0.619. The van der Waals surface area contributed by atoms with E-state index in [2.05, 4.69) is 28.6 Å². The van der Waals surface area contributed by atoms with Crippen molar-refractivity contribution in [2.45, 2.75) is 38.8 Å². The Labute approximate surface area is 161 Å². The summed E-state index contributed by atoms with van der Waals surface area (Å²) in [6.07, 6.45) is 3.88. The summed E-state index contributed by atoms with van der Waals surface area (Å²) in [5.74, 6) is 7.11. The second kappa shape index (κ2) is 8.28. The van der Waals surface area contributed by atoms with Crippen molar-refractivity contribution in [1.29, 1.82) is 0 Å². The normalized spacial score (nSPS) is 23.6. The van der Waals surface area contributed by atoms with Crippen LogP contribution in [0.15, 0.2) is 12.3 Å². The van der Waals surface area contributed by atoms with Crippen molar-refractivity contribution in [3.8, 4) is 17.7 Å². The molecule has 3 atom stereocenters. The summed E-state index contributed by atoms with van der Waals surface area (Å²) in [5.41, 5.74) is 1.15. The molecule has 3 rings (SSSR count). The lowest BCUT2D eigenvalue weighted by Crippen LogP contribution is -2.49. The highest BCUT2D eigenvalue weighted by Crippen LogP contribution is 2.29. The zero-order valence-electron chi connectivity index (χ0n) is 16.6. The zero-order chi connectivity index (χ0) is 19.6. The molecule has 2 heterocycles. The minimum absolute atomic E-state index is 0.0817. The number of carbonyl (C=O) groups excluding carboxylic acids is 1. The number of amides is 1. The van der Waals surface area contributed by atoms with Gasteiger partial charge in [-0.25, -0.2) is 4.98 Å². The molecule has 1 N–H and O–H groups in total. The van der Waals surface area contributed by atoms with Crippen molar-refractivity contribution in [3.05, 3.63) is 23.4 Å². The minimum atomic E-state index is -0.271. The molecule has 1 saturated carbocycles. The van der Waals surface area contributed by atoms with E-state index in [1.54, 1.807) is 17.2 Å². The van der Waals surface area contributed by atoms with Gasteiger partial charge in [0.2, 0.25) is 5.88 Å². The molecule has 1 aliphatic heterocycles. The Morgan fingerprint density at radius 3 is 2.81 bits per heavy atom. The molecule has 146 valence electrons. The molecular formula is C21H29N3O3. The highest BCUT2D eigenvalue weighted by molar-refractivity contribution is 5.97. The summed E-state index contributed by atoms with van der Waals surface area (Å²) in [6, 6.07) is 1.51. The maximum atomic E-state index is 13.2. The van der Waals surface area contributed by atoms with Gasteiger partial charge in [0.25, 0.3) is 5.91 Å². The second-order valence-electron chi connectivity index (χ2n) is 8.01. The van der Waals surface area contributed by atoms with Gasteiger partial charge >= 0.3 is 0 Å². The van der Waals surface area contributed by atoms with Gasteiger partial charge in [-0.05, 0) is 39.9 Å². The van der Waals surface area contributed by atoms with E-state index in [0.29, 0.717) is 23.9 Å². The molecule has 0 saturated heterocycles. The van der Waals surface area contributed by atoms with Crippen LogP contribution in [0.5, 0.6) is 5.88 Å². The number of nitrogens with zero attached hydrogens (tertiary/aromatic N) is 3. The average molecular weight is 371 g/mol. The van der Waals surface area contributed by atoms with Crippen LogP contribution in [0.1, 0.15) is 42.6 Å². The minimum Gasteiger partial charge on any atom is -0.472 e. The summed E-state index contributed by atoms with van der Waals surface area (Å²) in [6.45, 7) is 5.09. The van der Waals surface area contributed by atoms with Crippen LogP contribution in [0.2, 0.25) is 0 Å². The van der Waals surface area contributed by atoms with Crippen molar-refractivity contribution < 1.29 is 14.6 Å². The molecule has 1 fully saturated rings. The smallest absolute Gasteiger partial charge is 0.259 e. The second-order valence-corrected chi connectivity index (χ2v) is 8.01. The number of likely N-dealkylation sites (N-methyl/N-ethyl adjacent to an activating group) is 1. The van der Waals surface area contributed by atoms with Crippen LogP contribution < -0.4 is 4.74 Å². The zero-order valence-corrected chi connectivity index (χ0v) is 16.6. The van der Waals surface area contributed by atoms with Gasteiger partial charge in [0, 0.05) is 36.7 Å². The first-order valence-electron chi connectivity index (χ1n) is 9.63. The number of aliphatic hydroxyl groups excluding tert-OH is 1. The largest absolute Gasteiger partial charge is 0.472 e. The molecule has 27 heavy (non-hydrogen) atoms. The Morgan fingerprint density at radius 2 is 2.19 bits per heavy atom. The van der Waals surface area contributed by atoms with Gasteiger partial charge in [0.15, 0.2) is 0 Å². The van der Waals surface area contributed by atoms with E-state index in [4.69, 9.17) is 4.74 Å². The van der Waals surface area contributed by atoms with Crippen LogP contribution in [0.3, 0.4) is 0 Å². The third kappa shape index (κ3) is 4.79. The summed E-state index contributed by atoms with van der Waals surface area (Å²) >= 11 is 0. The highest BCUT2D eigenvalue weighted by Gasteiger charge is 2.33. The molecule has 0 bridgehead atoms. The molecule has 0 radical (unpaired) electrons. The number of hydrogen-bond acceptors (Lipinski definition) is 5. The van der Waals surface area contributed by atoms with E-state index in [-0.39, 0.29) is 30.6 Å². The number of rotatable bonds is 4. The van der Waals surface area contributed by atoms with Crippen molar-refractivity contribution in [2.24, 2.45) is 11.8 Å². The van der Waals surface area contributed by atoms with E-state index in [0.717, 1.165) is 24.9 Å². The van der Waals surface area contributed by atoms with Gasteiger partial charge in [0.05, 0.1) is 12.6 Å². The average Bonchev–Trinajstić information content (AvgIpc) is 3.46. The van der Waals surface area contributed by atoms with Gasteiger partial charge < -0.3 is 19.6 Å². The quantitative estimate of drug-likeness (QED) is 0.815. The predicted molar refractivity (Wildman–Crippen MR) is 104 cm³/mol. The van der Waals surface area contributed by atoms with Crippen molar-refractivity contribution >= 4 is 5.91 Å². The van der Waals surface area contributed by atoms with E-state index >= 15 is 0 Å². The maximum Gasteiger partial charge on any atom is 0.259 e. The third-order valence-electron chi connectivity index (χ3n) is 5.06. The topological polar surface area (TPSA) is 65.9 Å². The Bertz CT molecular complexity index is 749. The molecular weight excluding hydrogens is 342 g/mol. The SMILES string of the molecule is C[C@@H]1CN([C@@H](C)CO)C(=O)c2cc(C#CC3CC3)cnc2O[C@@H]1CN(C)C. The summed E-state index contributed by atoms with van der Waals surface area (Å²) in [7, 11) is 4.00. The fourth-order valence-corrected chi connectivity index (χ4v) is 3.16. The van der Waals surface area contributed by atoms with Gasteiger partial charge in [0.1, 0.15) is 11.7 Å². The molecule has 0 unspecified atom stereocenters. The molecule has 1 aliphatic carbocycles. The van der Waals surface area contributed by atoms with Gasteiger partial charge in [-0.3, -0.25) is 4.79 Å². The number of ether oxygens (including phenoxy) is 1. The predicted octanol–water partition coefficient (Wildman–Crippen LogP) is 1.62. The van der Waals surface area contributed by atoms with Crippen molar-refractivity contribution in [2.75, 3.05) is 33.8 Å². The highest BCUT2D eigenvalue weighted by atomic mass is 16.5. The van der Waals surface area contributed by atoms with E-state index < -0.39 is 0 Å². The number of carbonyl (C=O) groups is 1. The van der Waals surface area contributed by atoms with Gasteiger partial charge in [-0.1, -0.05) is 18.8 Å². The lowest BCUT2D eigenvalue weighted by molar-refractivity contribution is 0.0348. The molecule has 2 aliphatic rings. The van der Waals surface area contributed by atoms with Gasteiger partial charge in [-0.15, -0.1) is 0 Å². The van der Waals surface area contributed by atoms with E-state index in [1.165, 1.54) is 0 Å². The number of pyridine rings is 1. The summed E-state index contributed by atoms with van der Waals surface area (Å²) < 4.78 is 6.17. The van der Waals surface area contributed by atoms with Crippen LogP contribution in [0.25, 0.3) is 0 Å². The first kappa shape index (κ1) is 19.7. The Morgan fingerprint density at radius 1 is 1.44 bits per heavy atom. The number of hydrogen-bond donors (Lipinski definition) is 1. The van der Waals surface area contributed by atoms with Crippen molar-refractivity contribution in [1.82, 2.24) is 14.8 Å².